The summed E-state index contributed by atoms with van der Waals surface area (Å²) >= 11 is 4.19. The van der Waals surface area contributed by atoms with E-state index in [2.05, 4.69) is 22.1 Å². The van der Waals surface area contributed by atoms with Crippen LogP contribution in [-0.4, -0.2) is 6.29 Å². The van der Waals surface area contributed by atoms with Gasteiger partial charge in [0.1, 0.15) is 0 Å². The maximum atomic E-state index is 12.6. The van der Waals surface area contributed by atoms with Gasteiger partial charge in [0.05, 0.1) is 0 Å². The molecule has 5 heteroatoms. The molecule has 0 bridgehead atoms. The Morgan fingerprint density at radius 1 is 1.29 bits per heavy atom. The van der Waals surface area contributed by atoms with Crippen molar-refractivity contribution in [2.24, 2.45) is 0 Å². The van der Waals surface area contributed by atoms with Crippen LogP contribution in [0, 0.1) is 0 Å². The van der Waals surface area contributed by atoms with Gasteiger partial charge in [0, 0.05) is 5.25 Å². The predicted molar refractivity (Wildman–Crippen MR) is 50.0 cm³/mol. The van der Waals surface area contributed by atoms with E-state index >= 15 is 0 Å². The van der Waals surface area contributed by atoms with Crippen LogP contribution in [0.3, 0.4) is 0 Å². The fourth-order valence-corrected chi connectivity index (χ4v) is 1.39. The summed E-state index contributed by atoms with van der Waals surface area (Å²) in [7, 11) is 0. The highest BCUT2D eigenvalue weighted by molar-refractivity contribution is 7.80. The Kier molecular flexibility index (Phi) is 2.06. The van der Waals surface area contributed by atoms with E-state index in [1.165, 1.54) is 12.1 Å². The lowest BCUT2D eigenvalue weighted by Crippen LogP contribution is -2.25. The van der Waals surface area contributed by atoms with E-state index in [0.29, 0.717) is 0 Å². The number of alkyl halides is 2. The Balaban J connectivity index is 2.36. The highest BCUT2D eigenvalue weighted by Gasteiger charge is 2.43. The standard InChI is InChI=1S/C9H8F2O2S/c1-5(14)6-2-3-7-8(4-6)13-9(10,11)12-7/h2-5,14H,1H3. The molecule has 76 valence electrons. The average molecular weight is 218 g/mol. The van der Waals surface area contributed by atoms with Gasteiger partial charge in [-0.3, -0.25) is 0 Å². The van der Waals surface area contributed by atoms with Gasteiger partial charge in [-0.05, 0) is 24.6 Å². The second kappa shape index (κ2) is 3.02. The Bertz CT molecular complexity index is 366. The van der Waals surface area contributed by atoms with Crippen LogP contribution >= 0.6 is 12.6 Å². The molecule has 1 aromatic carbocycles. The Morgan fingerprint density at radius 2 is 1.93 bits per heavy atom. The minimum atomic E-state index is -3.54. The fraction of sp³-hybridized carbons (Fsp3) is 0.333. The van der Waals surface area contributed by atoms with Gasteiger partial charge in [-0.2, -0.15) is 12.6 Å². The van der Waals surface area contributed by atoms with E-state index in [9.17, 15) is 8.78 Å². The van der Waals surface area contributed by atoms with Crippen molar-refractivity contribution in [2.45, 2.75) is 18.5 Å². The number of halogens is 2. The third-order valence-corrected chi connectivity index (χ3v) is 2.21. The van der Waals surface area contributed by atoms with Gasteiger partial charge in [0.2, 0.25) is 0 Å². The van der Waals surface area contributed by atoms with Crippen molar-refractivity contribution in [2.75, 3.05) is 0 Å². The molecule has 0 amide bonds. The number of hydrogen-bond acceptors (Lipinski definition) is 3. The molecule has 0 radical (unpaired) electrons. The normalized spacial score (nSPS) is 19.4. The quantitative estimate of drug-likeness (QED) is 0.730. The molecule has 0 aromatic heterocycles. The zero-order chi connectivity index (χ0) is 10.3. The topological polar surface area (TPSA) is 18.5 Å². The molecule has 0 aliphatic carbocycles. The van der Waals surface area contributed by atoms with Crippen LogP contribution in [-0.2, 0) is 0 Å². The third kappa shape index (κ3) is 1.64. The molecule has 1 aromatic rings. The summed E-state index contributed by atoms with van der Waals surface area (Å²) in [5.74, 6) is 0.126. The molecule has 1 aliphatic rings. The number of thiol groups is 1. The van der Waals surface area contributed by atoms with Crippen molar-refractivity contribution >= 4 is 12.6 Å². The molecule has 1 heterocycles. The van der Waals surface area contributed by atoms with E-state index in [0.717, 1.165) is 5.56 Å². The summed E-state index contributed by atoms with van der Waals surface area (Å²) in [4.78, 5) is 0. The fourth-order valence-electron chi connectivity index (χ4n) is 1.23. The number of fused-ring (bicyclic) bond motifs is 1. The second-order valence-electron chi connectivity index (χ2n) is 3.05. The Morgan fingerprint density at radius 3 is 2.57 bits per heavy atom. The largest absolute Gasteiger partial charge is 0.586 e. The number of benzene rings is 1. The highest BCUT2D eigenvalue weighted by atomic mass is 32.1. The number of ether oxygens (including phenoxy) is 2. The zero-order valence-electron chi connectivity index (χ0n) is 7.33. The monoisotopic (exact) mass is 218 g/mol. The van der Waals surface area contributed by atoms with Crippen LogP contribution in [0.2, 0.25) is 0 Å². The van der Waals surface area contributed by atoms with E-state index in [1.54, 1.807) is 6.07 Å². The first-order valence-corrected chi connectivity index (χ1v) is 4.57. The van der Waals surface area contributed by atoms with Gasteiger partial charge in [0.25, 0.3) is 0 Å². The molecular formula is C9H8F2O2S. The molecular weight excluding hydrogens is 210 g/mol. The minimum absolute atomic E-state index is 0.0295. The highest BCUT2D eigenvalue weighted by Crippen LogP contribution is 2.42. The molecule has 0 saturated carbocycles. The summed E-state index contributed by atoms with van der Waals surface area (Å²) in [5.41, 5.74) is 0.813. The molecule has 2 rings (SSSR count). The van der Waals surface area contributed by atoms with E-state index in [1.807, 2.05) is 6.92 Å². The number of hydrogen-bond donors (Lipinski definition) is 1. The summed E-state index contributed by atoms with van der Waals surface area (Å²) in [6.07, 6.45) is -3.54. The summed E-state index contributed by atoms with van der Waals surface area (Å²) in [6.45, 7) is 1.85. The van der Waals surface area contributed by atoms with Gasteiger partial charge in [-0.25, -0.2) is 0 Å². The van der Waals surface area contributed by atoms with Crippen LogP contribution in [0.25, 0.3) is 0 Å². The Hall–Kier alpha value is -0.970. The van der Waals surface area contributed by atoms with Crippen LogP contribution in [0.1, 0.15) is 17.7 Å². The molecule has 0 saturated heterocycles. The van der Waals surface area contributed by atoms with E-state index in [4.69, 9.17) is 0 Å². The lowest BCUT2D eigenvalue weighted by Gasteiger charge is -2.05. The van der Waals surface area contributed by atoms with Gasteiger partial charge in [-0.15, -0.1) is 8.78 Å². The lowest BCUT2D eigenvalue weighted by atomic mass is 10.1. The maximum Gasteiger partial charge on any atom is 0.586 e. The smallest absolute Gasteiger partial charge is 0.395 e. The SMILES string of the molecule is CC(S)c1ccc2c(c1)OC(F)(F)O2. The first-order valence-electron chi connectivity index (χ1n) is 4.06. The molecule has 14 heavy (non-hydrogen) atoms. The van der Waals surface area contributed by atoms with E-state index in [-0.39, 0.29) is 16.7 Å². The van der Waals surface area contributed by atoms with Crippen molar-refractivity contribution in [1.29, 1.82) is 0 Å². The molecule has 0 fully saturated rings. The lowest BCUT2D eigenvalue weighted by molar-refractivity contribution is -0.286. The van der Waals surface area contributed by atoms with Crippen LogP contribution in [0.15, 0.2) is 18.2 Å². The van der Waals surface area contributed by atoms with Gasteiger partial charge < -0.3 is 9.47 Å². The molecule has 1 atom stereocenters. The third-order valence-electron chi connectivity index (χ3n) is 1.91. The summed E-state index contributed by atoms with van der Waals surface area (Å²) < 4.78 is 33.8. The summed E-state index contributed by atoms with van der Waals surface area (Å²) in [5, 5.41) is -0.0295. The minimum Gasteiger partial charge on any atom is -0.395 e. The molecule has 0 spiro atoms. The first-order chi connectivity index (χ1) is 6.48. The van der Waals surface area contributed by atoms with E-state index < -0.39 is 6.29 Å². The van der Waals surface area contributed by atoms with Crippen LogP contribution in [0.5, 0.6) is 11.5 Å². The average Bonchev–Trinajstić information content (AvgIpc) is 2.36. The summed E-state index contributed by atoms with van der Waals surface area (Å²) in [6, 6.07) is 4.65. The molecule has 1 aliphatic heterocycles. The predicted octanol–water partition coefficient (Wildman–Crippen LogP) is 3.00. The zero-order valence-corrected chi connectivity index (χ0v) is 8.22. The van der Waals surface area contributed by atoms with Crippen molar-refractivity contribution in [3.63, 3.8) is 0 Å². The number of rotatable bonds is 1. The van der Waals surface area contributed by atoms with Crippen molar-refractivity contribution in [3.05, 3.63) is 23.8 Å². The second-order valence-corrected chi connectivity index (χ2v) is 3.82. The van der Waals surface area contributed by atoms with Crippen molar-refractivity contribution in [3.8, 4) is 11.5 Å². The molecule has 1 unspecified atom stereocenters. The van der Waals surface area contributed by atoms with Crippen LogP contribution in [0.4, 0.5) is 8.78 Å². The van der Waals surface area contributed by atoms with Crippen LogP contribution < -0.4 is 9.47 Å². The van der Waals surface area contributed by atoms with Gasteiger partial charge in [0.15, 0.2) is 11.5 Å². The maximum absolute atomic E-state index is 12.6. The Labute approximate surface area is 85.2 Å². The van der Waals surface area contributed by atoms with Gasteiger partial charge >= 0.3 is 6.29 Å². The van der Waals surface area contributed by atoms with Gasteiger partial charge in [-0.1, -0.05) is 6.07 Å². The molecule has 2 nitrogen and oxygen atoms in total. The first kappa shape index (κ1) is 9.58. The van der Waals surface area contributed by atoms with Crippen molar-refractivity contribution < 1.29 is 18.3 Å². The van der Waals surface area contributed by atoms with Crippen molar-refractivity contribution in [1.82, 2.24) is 0 Å². The molecule has 0 N–H and O–H groups in total.